The summed E-state index contributed by atoms with van der Waals surface area (Å²) in [6, 6.07) is 1.09. The van der Waals surface area contributed by atoms with Gasteiger partial charge in [0.25, 0.3) is 0 Å². The minimum Gasteiger partial charge on any atom is -0.465 e. The highest BCUT2D eigenvalue weighted by molar-refractivity contribution is 9.10. The number of halogens is 6. The van der Waals surface area contributed by atoms with Crippen LogP contribution >= 0.6 is 15.9 Å². The number of alkyl halides is 3. The first-order chi connectivity index (χ1) is 10.1. The summed E-state index contributed by atoms with van der Waals surface area (Å²) in [5.41, 5.74) is -2.36. The number of benzene rings is 1. The molecule has 2 rings (SSSR count). The lowest BCUT2D eigenvalue weighted by Crippen LogP contribution is -2.07. The predicted octanol–water partition coefficient (Wildman–Crippen LogP) is 3.92. The van der Waals surface area contributed by atoms with Crippen molar-refractivity contribution < 1.29 is 31.5 Å². The first-order valence-corrected chi connectivity index (χ1v) is 6.35. The van der Waals surface area contributed by atoms with Gasteiger partial charge in [-0.25, -0.2) is 18.6 Å². The molecule has 0 unspecified atom stereocenters. The Kier molecular flexibility index (Phi) is 4.23. The fourth-order valence-electron chi connectivity index (χ4n) is 1.66. The van der Waals surface area contributed by atoms with Gasteiger partial charge in [0.1, 0.15) is 22.1 Å². The maximum atomic E-state index is 13.8. The number of imidazole rings is 1. The molecule has 2 aromatic rings. The van der Waals surface area contributed by atoms with Gasteiger partial charge in [0, 0.05) is 6.07 Å². The fourth-order valence-corrected chi connectivity index (χ4v) is 2.17. The van der Waals surface area contributed by atoms with Gasteiger partial charge >= 0.3 is 12.1 Å². The van der Waals surface area contributed by atoms with E-state index in [1.165, 1.54) is 0 Å². The van der Waals surface area contributed by atoms with Gasteiger partial charge in [-0.05, 0) is 22.0 Å². The Balaban J connectivity index is 2.60. The monoisotopic (exact) mass is 384 g/mol. The molecule has 0 saturated carbocycles. The first-order valence-electron chi connectivity index (χ1n) is 5.55. The van der Waals surface area contributed by atoms with Crippen molar-refractivity contribution in [2.24, 2.45) is 0 Å². The summed E-state index contributed by atoms with van der Waals surface area (Å²) in [4.78, 5) is 16.7. The number of carbonyl (C=O) groups is 1. The molecule has 0 aliphatic carbocycles. The lowest BCUT2D eigenvalue weighted by molar-refractivity contribution is -0.141. The topological polar surface area (TPSA) is 55.0 Å². The largest absolute Gasteiger partial charge is 0.465 e. The van der Waals surface area contributed by atoms with E-state index in [2.05, 4.69) is 25.7 Å². The number of esters is 1. The molecule has 0 aliphatic rings. The molecule has 0 amide bonds. The van der Waals surface area contributed by atoms with Gasteiger partial charge in [0.2, 0.25) is 0 Å². The van der Waals surface area contributed by atoms with Gasteiger partial charge in [0.15, 0.2) is 5.69 Å². The van der Waals surface area contributed by atoms with Crippen LogP contribution < -0.4 is 0 Å². The third-order valence-electron chi connectivity index (χ3n) is 2.66. The number of nitrogens with one attached hydrogen (secondary N) is 1. The molecule has 0 aliphatic heterocycles. The number of methoxy groups -OCH3 is 1. The van der Waals surface area contributed by atoms with Crippen molar-refractivity contribution in [2.45, 2.75) is 6.18 Å². The fraction of sp³-hybridized carbons (Fsp3) is 0.167. The van der Waals surface area contributed by atoms with Gasteiger partial charge in [-0.15, -0.1) is 0 Å². The van der Waals surface area contributed by atoms with E-state index in [1.807, 2.05) is 4.98 Å². The van der Waals surface area contributed by atoms with Crippen LogP contribution in [0.15, 0.2) is 16.7 Å². The molecule has 0 bridgehead atoms. The van der Waals surface area contributed by atoms with Crippen molar-refractivity contribution in [2.75, 3.05) is 7.11 Å². The zero-order valence-corrected chi connectivity index (χ0v) is 12.3. The van der Waals surface area contributed by atoms with Crippen LogP contribution in [0.25, 0.3) is 11.4 Å². The van der Waals surface area contributed by atoms with Crippen LogP contribution in [0, 0.1) is 11.6 Å². The Morgan fingerprint density at radius 1 is 1.27 bits per heavy atom. The molecular formula is C12H6BrF5N2O2. The Hall–Kier alpha value is -1.97. The molecule has 1 N–H and O–H groups in total. The number of H-pyrrole nitrogens is 1. The number of rotatable bonds is 2. The SMILES string of the molecule is COC(=O)c1cc(-c2nc(Br)c(C(F)(F)F)[nH]2)c(F)cc1F. The number of hydrogen-bond acceptors (Lipinski definition) is 3. The normalized spacial score (nSPS) is 11.6. The molecule has 10 heteroatoms. The third kappa shape index (κ3) is 2.96. The molecule has 118 valence electrons. The molecule has 1 heterocycles. The third-order valence-corrected chi connectivity index (χ3v) is 3.23. The summed E-state index contributed by atoms with van der Waals surface area (Å²) >= 11 is 2.60. The molecule has 1 aromatic heterocycles. The van der Waals surface area contributed by atoms with E-state index < -0.39 is 51.0 Å². The molecule has 4 nitrogen and oxygen atoms in total. The summed E-state index contributed by atoms with van der Waals surface area (Å²) < 4.78 is 69.0. The van der Waals surface area contributed by atoms with Gasteiger partial charge in [-0.2, -0.15) is 13.2 Å². The number of aromatic amines is 1. The van der Waals surface area contributed by atoms with Crippen molar-refractivity contribution in [1.82, 2.24) is 9.97 Å². The van der Waals surface area contributed by atoms with Crippen molar-refractivity contribution in [3.05, 3.63) is 39.6 Å². The van der Waals surface area contributed by atoms with Gasteiger partial charge in [-0.1, -0.05) is 0 Å². The number of aromatic nitrogens is 2. The molecule has 1 aromatic carbocycles. The van der Waals surface area contributed by atoms with E-state index in [-0.39, 0.29) is 0 Å². The van der Waals surface area contributed by atoms with Crippen molar-refractivity contribution >= 4 is 21.9 Å². The highest BCUT2D eigenvalue weighted by atomic mass is 79.9. The standard InChI is InChI=1S/C12H6BrF5N2O2/c1-22-11(21)5-2-4(6(14)3-7(5)15)10-19-8(9(13)20-10)12(16,17)18/h2-3H,1H3,(H,19,20). The second kappa shape index (κ2) is 5.67. The number of ether oxygens (including phenoxy) is 1. The molecule has 0 saturated heterocycles. The van der Waals surface area contributed by atoms with E-state index >= 15 is 0 Å². The number of nitrogens with zero attached hydrogens (tertiary/aromatic N) is 1. The summed E-state index contributed by atoms with van der Waals surface area (Å²) in [6.45, 7) is 0. The lowest BCUT2D eigenvalue weighted by atomic mass is 10.1. The molecular weight excluding hydrogens is 379 g/mol. The highest BCUT2D eigenvalue weighted by Crippen LogP contribution is 2.35. The summed E-state index contributed by atoms with van der Waals surface area (Å²) in [5.74, 6) is -3.99. The second-order valence-electron chi connectivity index (χ2n) is 4.05. The number of carbonyl (C=O) groups excluding carboxylic acids is 1. The maximum absolute atomic E-state index is 13.8. The van der Waals surface area contributed by atoms with Crippen LogP contribution in [0.1, 0.15) is 16.1 Å². The van der Waals surface area contributed by atoms with Crippen molar-refractivity contribution in [3.63, 3.8) is 0 Å². The Labute approximate surface area is 128 Å². The maximum Gasteiger partial charge on any atom is 0.433 e. The zero-order chi connectivity index (χ0) is 16.7. The minimum absolute atomic E-state index is 0.366. The van der Waals surface area contributed by atoms with E-state index in [0.717, 1.165) is 13.2 Å². The summed E-state index contributed by atoms with van der Waals surface area (Å²) in [7, 11) is 0.982. The van der Waals surface area contributed by atoms with Crippen LogP contribution in [0.2, 0.25) is 0 Å². The predicted molar refractivity (Wildman–Crippen MR) is 68.0 cm³/mol. The van der Waals surface area contributed by atoms with Crippen LogP contribution in [0.5, 0.6) is 0 Å². The van der Waals surface area contributed by atoms with Crippen LogP contribution in [0.4, 0.5) is 22.0 Å². The van der Waals surface area contributed by atoms with Gasteiger partial charge in [0.05, 0.1) is 18.2 Å². The van der Waals surface area contributed by atoms with Crippen molar-refractivity contribution in [3.8, 4) is 11.4 Å². The first kappa shape index (κ1) is 16.4. The smallest absolute Gasteiger partial charge is 0.433 e. The van der Waals surface area contributed by atoms with Crippen molar-refractivity contribution in [1.29, 1.82) is 0 Å². The van der Waals surface area contributed by atoms with E-state index in [4.69, 9.17) is 0 Å². The molecule has 0 fully saturated rings. The van der Waals surface area contributed by atoms with E-state index in [1.54, 1.807) is 0 Å². The average Bonchev–Trinajstić information content (AvgIpc) is 2.80. The quantitative estimate of drug-likeness (QED) is 0.630. The van der Waals surface area contributed by atoms with Gasteiger partial charge < -0.3 is 9.72 Å². The molecule has 0 spiro atoms. The Bertz CT molecular complexity index is 742. The Morgan fingerprint density at radius 3 is 2.41 bits per heavy atom. The minimum atomic E-state index is -4.74. The summed E-state index contributed by atoms with van der Waals surface area (Å²) in [6.07, 6.45) is -4.74. The van der Waals surface area contributed by atoms with Crippen LogP contribution in [0.3, 0.4) is 0 Å². The van der Waals surface area contributed by atoms with Crippen LogP contribution in [-0.2, 0) is 10.9 Å². The van der Waals surface area contributed by atoms with E-state index in [9.17, 15) is 26.7 Å². The number of hydrogen-bond donors (Lipinski definition) is 1. The molecule has 0 radical (unpaired) electrons. The molecule has 0 atom stereocenters. The second-order valence-corrected chi connectivity index (χ2v) is 4.80. The lowest BCUT2D eigenvalue weighted by Gasteiger charge is -2.06. The van der Waals surface area contributed by atoms with E-state index in [0.29, 0.717) is 6.07 Å². The van der Waals surface area contributed by atoms with Crippen LogP contribution in [-0.4, -0.2) is 23.0 Å². The molecule has 22 heavy (non-hydrogen) atoms. The zero-order valence-electron chi connectivity index (χ0n) is 10.7. The Morgan fingerprint density at radius 2 is 1.91 bits per heavy atom. The van der Waals surface area contributed by atoms with Gasteiger partial charge in [-0.3, -0.25) is 0 Å². The average molecular weight is 385 g/mol. The summed E-state index contributed by atoms with van der Waals surface area (Å²) in [5, 5.41) is 0. The highest BCUT2D eigenvalue weighted by Gasteiger charge is 2.36.